The van der Waals surface area contributed by atoms with Gasteiger partial charge in [0.05, 0.1) is 35.8 Å². The Morgan fingerprint density at radius 1 is 1.15 bits per heavy atom. The van der Waals surface area contributed by atoms with E-state index >= 15 is 0 Å². The van der Waals surface area contributed by atoms with Crippen LogP contribution in [0.1, 0.15) is 30.8 Å². The molecule has 0 spiro atoms. The lowest BCUT2D eigenvalue weighted by Crippen LogP contribution is -2.39. The van der Waals surface area contributed by atoms with E-state index in [4.69, 9.17) is 10.2 Å². The van der Waals surface area contributed by atoms with Crippen molar-refractivity contribution in [3.8, 4) is 6.07 Å². The molecule has 1 aliphatic heterocycles. The molecule has 0 aromatic carbocycles. The second kappa shape index (κ2) is 6.06. The molecular weight excluding hydrogens is 340 g/mol. The molecule has 0 amide bonds. The maximum Gasteiger partial charge on any atom is 0.158 e. The number of hydrogen-bond donors (Lipinski definition) is 1. The summed E-state index contributed by atoms with van der Waals surface area (Å²) in [7, 11) is 0. The van der Waals surface area contributed by atoms with Crippen LogP contribution < -0.4 is 4.90 Å². The Kier molecular flexibility index (Phi) is 3.53. The van der Waals surface area contributed by atoms with E-state index in [2.05, 4.69) is 36.2 Å². The minimum absolute atomic E-state index is 0.263. The lowest BCUT2D eigenvalue weighted by molar-refractivity contribution is 0.366. The van der Waals surface area contributed by atoms with E-state index < -0.39 is 0 Å². The van der Waals surface area contributed by atoms with Crippen molar-refractivity contribution in [2.75, 3.05) is 18.0 Å². The minimum Gasteiger partial charge on any atom is -0.355 e. The van der Waals surface area contributed by atoms with Crippen molar-refractivity contribution in [1.82, 2.24) is 29.3 Å². The van der Waals surface area contributed by atoms with E-state index in [-0.39, 0.29) is 5.92 Å². The van der Waals surface area contributed by atoms with E-state index in [0.29, 0.717) is 11.6 Å². The number of nitrogens with one attached hydrogen (secondary N) is 1. The van der Waals surface area contributed by atoms with Crippen LogP contribution in [0.2, 0.25) is 0 Å². The van der Waals surface area contributed by atoms with Crippen LogP contribution in [0.25, 0.3) is 16.7 Å². The molecule has 5 heterocycles. The number of nitrogens with zero attached hydrogens (tertiary/aromatic N) is 7. The summed E-state index contributed by atoms with van der Waals surface area (Å²) >= 11 is 0. The zero-order valence-electron chi connectivity index (χ0n) is 14.9. The second-order valence-electron chi connectivity index (χ2n) is 7.04. The van der Waals surface area contributed by atoms with Gasteiger partial charge in [0.15, 0.2) is 11.3 Å². The number of imidazole rings is 1. The van der Waals surface area contributed by atoms with Crippen molar-refractivity contribution in [3.63, 3.8) is 0 Å². The molecular formula is C19H18N8. The van der Waals surface area contributed by atoms with Gasteiger partial charge in [0.2, 0.25) is 0 Å². The highest BCUT2D eigenvalue weighted by molar-refractivity contribution is 5.75. The molecule has 8 nitrogen and oxygen atoms in total. The first kappa shape index (κ1) is 15.8. The third-order valence-corrected chi connectivity index (χ3v) is 5.45. The Labute approximate surface area is 155 Å². The molecule has 0 bridgehead atoms. The summed E-state index contributed by atoms with van der Waals surface area (Å²) in [6, 6.07) is 4.06. The quantitative estimate of drug-likeness (QED) is 0.591. The number of hydrogen-bond acceptors (Lipinski definition) is 6. The number of fused-ring (bicyclic) bond motifs is 3. The Hall–Kier alpha value is -3.47. The second-order valence-corrected chi connectivity index (χ2v) is 7.04. The highest BCUT2D eigenvalue weighted by Gasteiger charge is 2.31. The van der Waals surface area contributed by atoms with Crippen LogP contribution in [0.4, 0.5) is 5.82 Å². The summed E-state index contributed by atoms with van der Waals surface area (Å²) in [5, 5.41) is 8.93. The first-order valence-electron chi connectivity index (χ1n) is 9.01. The predicted octanol–water partition coefficient (Wildman–Crippen LogP) is 2.50. The molecule has 134 valence electrons. The molecule has 1 fully saturated rings. The van der Waals surface area contributed by atoms with Gasteiger partial charge in [0.25, 0.3) is 0 Å². The summed E-state index contributed by atoms with van der Waals surface area (Å²) in [6.07, 6.45) is 9.91. The number of aromatic amines is 1. The summed E-state index contributed by atoms with van der Waals surface area (Å²) in [4.78, 5) is 23.2. The summed E-state index contributed by atoms with van der Waals surface area (Å²) in [5.41, 5.74) is 3.24. The molecule has 4 aromatic rings. The fraction of sp³-hybridized carbons (Fsp3) is 0.316. The SMILES string of the molecule is C[C@@H]1CCN(c2cnc(C#N)cn2)C[C@@H]1c1ncc2cnc3[nH]ccc3n12. The molecule has 1 saturated heterocycles. The number of rotatable bonds is 2. The third-order valence-electron chi connectivity index (χ3n) is 5.45. The molecule has 0 saturated carbocycles. The Morgan fingerprint density at radius 3 is 2.85 bits per heavy atom. The molecule has 2 atom stereocenters. The van der Waals surface area contributed by atoms with Crippen LogP contribution >= 0.6 is 0 Å². The van der Waals surface area contributed by atoms with Gasteiger partial charge in [-0.25, -0.2) is 19.9 Å². The zero-order chi connectivity index (χ0) is 18.4. The van der Waals surface area contributed by atoms with Crippen molar-refractivity contribution in [1.29, 1.82) is 5.26 Å². The fourth-order valence-electron chi connectivity index (χ4n) is 3.92. The Morgan fingerprint density at radius 2 is 2.04 bits per heavy atom. The van der Waals surface area contributed by atoms with Crippen molar-refractivity contribution in [2.24, 2.45) is 5.92 Å². The van der Waals surface area contributed by atoms with Crippen LogP contribution in [0.5, 0.6) is 0 Å². The average molecular weight is 358 g/mol. The van der Waals surface area contributed by atoms with Crippen LogP contribution in [-0.4, -0.2) is 42.4 Å². The third kappa shape index (κ3) is 2.51. The normalized spacial score (nSPS) is 20.2. The van der Waals surface area contributed by atoms with Gasteiger partial charge in [-0.05, 0) is 18.4 Å². The van der Waals surface area contributed by atoms with Crippen LogP contribution in [-0.2, 0) is 0 Å². The molecule has 0 aliphatic carbocycles. The zero-order valence-corrected chi connectivity index (χ0v) is 14.9. The largest absolute Gasteiger partial charge is 0.355 e. The fourth-order valence-corrected chi connectivity index (χ4v) is 3.92. The van der Waals surface area contributed by atoms with Crippen LogP contribution in [0.3, 0.4) is 0 Å². The Bertz CT molecular complexity index is 1150. The van der Waals surface area contributed by atoms with E-state index in [1.807, 2.05) is 30.7 Å². The van der Waals surface area contributed by atoms with Crippen molar-refractivity contribution < 1.29 is 0 Å². The van der Waals surface area contributed by atoms with E-state index in [0.717, 1.165) is 47.8 Å². The van der Waals surface area contributed by atoms with E-state index in [1.54, 1.807) is 6.20 Å². The molecule has 1 N–H and O–H groups in total. The first-order chi connectivity index (χ1) is 13.2. The lowest BCUT2D eigenvalue weighted by atomic mass is 9.86. The smallest absolute Gasteiger partial charge is 0.158 e. The van der Waals surface area contributed by atoms with Gasteiger partial charge in [-0.1, -0.05) is 6.92 Å². The van der Waals surface area contributed by atoms with Crippen molar-refractivity contribution in [3.05, 3.63) is 48.6 Å². The molecule has 8 heteroatoms. The van der Waals surface area contributed by atoms with Gasteiger partial charge >= 0.3 is 0 Å². The molecule has 0 unspecified atom stereocenters. The minimum atomic E-state index is 0.263. The maximum absolute atomic E-state index is 8.93. The van der Waals surface area contributed by atoms with E-state index in [1.165, 1.54) is 6.20 Å². The number of aromatic nitrogens is 6. The monoisotopic (exact) mass is 358 g/mol. The highest BCUT2D eigenvalue weighted by atomic mass is 15.2. The van der Waals surface area contributed by atoms with Crippen LogP contribution in [0.15, 0.2) is 37.1 Å². The van der Waals surface area contributed by atoms with E-state index in [9.17, 15) is 0 Å². The standard InChI is InChI=1S/C19H18N8/c1-12-3-5-26(17-10-22-13(6-20)7-23-17)11-15(12)19-25-9-14-8-24-18-16(27(14)19)2-4-21-18/h2,4,7-10,12,15,21H,3,5,11H2,1H3/t12-,15+/m1/s1. The molecule has 0 radical (unpaired) electrons. The predicted molar refractivity (Wildman–Crippen MR) is 100 cm³/mol. The number of piperidine rings is 1. The molecule has 4 aromatic heterocycles. The van der Waals surface area contributed by atoms with Gasteiger partial charge in [-0.2, -0.15) is 5.26 Å². The van der Waals surface area contributed by atoms with Crippen molar-refractivity contribution >= 4 is 22.5 Å². The molecule has 5 rings (SSSR count). The average Bonchev–Trinajstić information content (AvgIpc) is 3.35. The van der Waals surface area contributed by atoms with Gasteiger partial charge in [-0.3, -0.25) is 4.40 Å². The number of nitriles is 1. The lowest BCUT2D eigenvalue weighted by Gasteiger charge is -2.37. The maximum atomic E-state index is 8.93. The number of H-pyrrole nitrogens is 1. The van der Waals surface area contributed by atoms with Crippen molar-refractivity contribution in [2.45, 2.75) is 19.3 Å². The van der Waals surface area contributed by atoms with Gasteiger partial charge in [0.1, 0.15) is 17.7 Å². The molecule has 27 heavy (non-hydrogen) atoms. The number of anilines is 1. The summed E-state index contributed by atoms with van der Waals surface area (Å²) < 4.78 is 2.20. The topological polar surface area (TPSA) is 98.8 Å². The first-order valence-corrected chi connectivity index (χ1v) is 9.01. The summed E-state index contributed by atoms with van der Waals surface area (Å²) in [6.45, 7) is 4.01. The highest BCUT2D eigenvalue weighted by Crippen LogP contribution is 2.34. The van der Waals surface area contributed by atoms with Gasteiger partial charge < -0.3 is 9.88 Å². The Balaban J connectivity index is 1.54. The van der Waals surface area contributed by atoms with Crippen LogP contribution in [0, 0.1) is 17.2 Å². The molecule has 1 aliphatic rings. The van der Waals surface area contributed by atoms with Gasteiger partial charge in [0, 0.05) is 25.2 Å². The van der Waals surface area contributed by atoms with Gasteiger partial charge in [-0.15, -0.1) is 0 Å². The summed E-state index contributed by atoms with van der Waals surface area (Å²) in [5.74, 6) is 2.62.